The number of pyridine rings is 1. The molecule has 6 nitrogen and oxygen atoms in total. The zero-order valence-electron chi connectivity index (χ0n) is 14.8. The van der Waals surface area contributed by atoms with Gasteiger partial charge in [-0.2, -0.15) is 5.10 Å². The van der Waals surface area contributed by atoms with Crippen LogP contribution in [0.3, 0.4) is 0 Å². The van der Waals surface area contributed by atoms with E-state index in [1.807, 2.05) is 48.7 Å². The van der Waals surface area contributed by atoms with Crippen molar-refractivity contribution in [3.8, 4) is 11.5 Å². The number of fused-ring (bicyclic) bond motifs is 1. The molecule has 0 spiro atoms. The molecule has 0 aliphatic rings. The van der Waals surface area contributed by atoms with Gasteiger partial charge >= 0.3 is 0 Å². The van der Waals surface area contributed by atoms with Crippen LogP contribution in [0.5, 0.6) is 11.5 Å². The standard InChI is InChI=1S/C21H20N4O2/c1-2-8-20-17(5-1)11-16(13-22-20)14-27-19-7-3-6-18(12-19)26-10-4-9-21-23-15-24-25-21/h1-3,5-8,11-13,15H,4,9-10,14H2,(H,23,24,25). The van der Waals surface area contributed by atoms with Crippen molar-refractivity contribution in [2.24, 2.45) is 0 Å². The summed E-state index contributed by atoms with van der Waals surface area (Å²) in [5.74, 6) is 2.44. The number of ether oxygens (including phenoxy) is 2. The van der Waals surface area contributed by atoms with Gasteiger partial charge in [0.15, 0.2) is 0 Å². The third kappa shape index (κ3) is 4.61. The molecule has 0 aliphatic heterocycles. The van der Waals surface area contributed by atoms with Gasteiger partial charge in [0.1, 0.15) is 30.3 Å². The summed E-state index contributed by atoms with van der Waals surface area (Å²) in [5, 5.41) is 7.79. The lowest BCUT2D eigenvalue weighted by molar-refractivity contribution is 0.292. The van der Waals surface area contributed by atoms with E-state index in [1.165, 1.54) is 6.33 Å². The smallest absolute Gasteiger partial charge is 0.137 e. The summed E-state index contributed by atoms with van der Waals surface area (Å²) in [7, 11) is 0. The normalized spacial score (nSPS) is 10.8. The molecule has 6 heteroatoms. The molecule has 0 radical (unpaired) electrons. The fourth-order valence-electron chi connectivity index (χ4n) is 2.80. The van der Waals surface area contributed by atoms with Crippen LogP contribution in [-0.4, -0.2) is 26.8 Å². The number of benzene rings is 2. The van der Waals surface area contributed by atoms with Gasteiger partial charge in [0.25, 0.3) is 0 Å². The minimum Gasteiger partial charge on any atom is -0.493 e. The summed E-state index contributed by atoms with van der Waals surface area (Å²) in [4.78, 5) is 8.56. The van der Waals surface area contributed by atoms with Gasteiger partial charge in [-0.05, 0) is 30.7 Å². The maximum absolute atomic E-state index is 5.90. The lowest BCUT2D eigenvalue weighted by atomic mass is 10.2. The Labute approximate surface area is 157 Å². The lowest BCUT2D eigenvalue weighted by Gasteiger charge is -2.10. The first-order chi connectivity index (χ1) is 13.4. The van der Waals surface area contributed by atoms with E-state index in [-0.39, 0.29) is 0 Å². The van der Waals surface area contributed by atoms with E-state index in [1.54, 1.807) is 0 Å². The summed E-state index contributed by atoms with van der Waals surface area (Å²) in [6.45, 7) is 1.07. The van der Waals surface area contributed by atoms with Crippen LogP contribution in [-0.2, 0) is 13.0 Å². The van der Waals surface area contributed by atoms with E-state index in [0.717, 1.165) is 46.6 Å². The van der Waals surface area contributed by atoms with Crippen molar-refractivity contribution in [1.82, 2.24) is 20.2 Å². The Hall–Kier alpha value is -3.41. The molecule has 27 heavy (non-hydrogen) atoms. The molecule has 2 aromatic heterocycles. The minimum atomic E-state index is 0.465. The van der Waals surface area contributed by atoms with Crippen molar-refractivity contribution in [3.63, 3.8) is 0 Å². The number of aromatic amines is 1. The Morgan fingerprint density at radius 3 is 2.67 bits per heavy atom. The van der Waals surface area contributed by atoms with Crippen LogP contribution in [0.2, 0.25) is 0 Å². The second-order valence-electron chi connectivity index (χ2n) is 6.18. The van der Waals surface area contributed by atoms with Crippen molar-refractivity contribution in [1.29, 1.82) is 0 Å². The van der Waals surface area contributed by atoms with Gasteiger partial charge in [0, 0.05) is 29.6 Å². The van der Waals surface area contributed by atoms with Crippen molar-refractivity contribution >= 4 is 10.9 Å². The quantitative estimate of drug-likeness (QED) is 0.482. The molecule has 0 saturated carbocycles. The van der Waals surface area contributed by atoms with Crippen LogP contribution < -0.4 is 9.47 Å². The number of para-hydroxylation sites is 1. The summed E-state index contributed by atoms with van der Waals surface area (Å²) in [5.41, 5.74) is 2.02. The highest BCUT2D eigenvalue weighted by molar-refractivity contribution is 5.78. The molecule has 1 N–H and O–H groups in total. The number of rotatable bonds is 8. The second-order valence-corrected chi connectivity index (χ2v) is 6.18. The van der Waals surface area contributed by atoms with Gasteiger partial charge in [-0.3, -0.25) is 10.1 Å². The topological polar surface area (TPSA) is 72.9 Å². The third-order valence-electron chi connectivity index (χ3n) is 4.15. The van der Waals surface area contributed by atoms with E-state index < -0.39 is 0 Å². The van der Waals surface area contributed by atoms with Gasteiger partial charge in [-0.25, -0.2) is 4.98 Å². The van der Waals surface area contributed by atoms with Crippen LogP contribution in [0, 0.1) is 0 Å². The summed E-state index contributed by atoms with van der Waals surface area (Å²) < 4.78 is 11.7. The average Bonchev–Trinajstić information content (AvgIpc) is 3.23. The fourth-order valence-corrected chi connectivity index (χ4v) is 2.80. The van der Waals surface area contributed by atoms with Crippen LogP contribution in [0.4, 0.5) is 0 Å². The molecule has 136 valence electrons. The molecule has 2 heterocycles. The van der Waals surface area contributed by atoms with Crippen LogP contribution >= 0.6 is 0 Å². The molecule has 0 bridgehead atoms. The van der Waals surface area contributed by atoms with Gasteiger partial charge in [0.05, 0.1) is 12.1 Å². The fraction of sp³-hybridized carbons (Fsp3) is 0.190. The molecule has 0 aliphatic carbocycles. The first kappa shape index (κ1) is 17.0. The van der Waals surface area contributed by atoms with E-state index >= 15 is 0 Å². The lowest BCUT2D eigenvalue weighted by Crippen LogP contribution is -2.01. The van der Waals surface area contributed by atoms with Crippen molar-refractivity contribution in [3.05, 3.63) is 78.5 Å². The van der Waals surface area contributed by atoms with Crippen molar-refractivity contribution in [2.75, 3.05) is 6.61 Å². The Bertz CT molecular complexity index is 1000. The molecule has 0 amide bonds. The van der Waals surface area contributed by atoms with Gasteiger partial charge < -0.3 is 9.47 Å². The molecular weight excluding hydrogens is 340 g/mol. The monoisotopic (exact) mass is 360 g/mol. The number of H-pyrrole nitrogens is 1. The molecular formula is C21H20N4O2. The van der Waals surface area contributed by atoms with Crippen molar-refractivity contribution < 1.29 is 9.47 Å². The molecule has 2 aromatic carbocycles. The highest BCUT2D eigenvalue weighted by Crippen LogP contribution is 2.21. The molecule has 0 fully saturated rings. The molecule has 0 unspecified atom stereocenters. The van der Waals surface area contributed by atoms with E-state index in [9.17, 15) is 0 Å². The number of nitrogens with zero attached hydrogens (tertiary/aromatic N) is 3. The SMILES string of the molecule is c1cc(OCCCc2ncn[nH]2)cc(OCc2cnc3ccccc3c2)c1. The second kappa shape index (κ2) is 8.31. The third-order valence-corrected chi connectivity index (χ3v) is 4.15. The first-order valence-electron chi connectivity index (χ1n) is 8.90. The summed E-state index contributed by atoms with van der Waals surface area (Å²) >= 11 is 0. The number of hydrogen-bond acceptors (Lipinski definition) is 5. The molecule has 0 atom stereocenters. The van der Waals surface area contributed by atoms with Crippen molar-refractivity contribution in [2.45, 2.75) is 19.4 Å². The Kier molecular flexibility index (Phi) is 5.24. The van der Waals surface area contributed by atoms with Crippen LogP contribution in [0.1, 0.15) is 17.8 Å². The number of aromatic nitrogens is 4. The highest BCUT2D eigenvalue weighted by Gasteiger charge is 2.02. The van der Waals surface area contributed by atoms with Gasteiger partial charge in [0.2, 0.25) is 0 Å². The average molecular weight is 360 g/mol. The van der Waals surface area contributed by atoms with Crippen LogP contribution in [0.15, 0.2) is 67.1 Å². The number of aryl methyl sites for hydroxylation is 1. The molecule has 0 saturated heterocycles. The largest absolute Gasteiger partial charge is 0.493 e. The molecule has 4 aromatic rings. The Balaban J connectivity index is 1.30. The Morgan fingerprint density at radius 1 is 0.889 bits per heavy atom. The molecule has 4 rings (SSSR count). The van der Waals surface area contributed by atoms with E-state index in [0.29, 0.717) is 13.2 Å². The zero-order chi connectivity index (χ0) is 18.3. The predicted octanol–water partition coefficient (Wildman–Crippen LogP) is 3.94. The predicted molar refractivity (Wildman–Crippen MR) is 103 cm³/mol. The highest BCUT2D eigenvalue weighted by atomic mass is 16.5. The number of hydrogen-bond donors (Lipinski definition) is 1. The van der Waals surface area contributed by atoms with E-state index in [2.05, 4.69) is 32.3 Å². The Morgan fingerprint density at radius 2 is 1.78 bits per heavy atom. The van der Waals surface area contributed by atoms with E-state index in [4.69, 9.17) is 9.47 Å². The summed E-state index contributed by atoms with van der Waals surface area (Å²) in [6.07, 6.45) is 5.04. The first-order valence-corrected chi connectivity index (χ1v) is 8.90. The minimum absolute atomic E-state index is 0.465. The van der Waals surface area contributed by atoms with Gasteiger partial charge in [-0.1, -0.05) is 24.3 Å². The maximum Gasteiger partial charge on any atom is 0.137 e. The zero-order valence-corrected chi connectivity index (χ0v) is 14.8. The van der Waals surface area contributed by atoms with Gasteiger partial charge in [-0.15, -0.1) is 0 Å². The van der Waals surface area contributed by atoms with Crippen LogP contribution in [0.25, 0.3) is 10.9 Å². The number of nitrogens with one attached hydrogen (secondary N) is 1. The summed E-state index contributed by atoms with van der Waals surface area (Å²) in [6, 6.07) is 17.9. The maximum atomic E-state index is 5.90.